The summed E-state index contributed by atoms with van der Waals surface area (Å²) in [6, 6.07) is 19.0. The molecule has 0 saturated carbocycles. The lowest BCUT2D eigenvalue weighted by molar-refractivity contribution is -0.384. The van der Waals surface area contributed by atoms with E-state index in [2.05, 4.69) is 20.1 Å². The van der Waals surface area contributed by atoms with Crippen molar-refractivity contribution in [2.24, 2.45) is 11.8 Å². The van der Waals surface area contributed by atoms with Crippen molar-refractivity contribution in [1.82, 2.24) is 14.6 Å². The summed E-state index contributed by atoms with van der Waals surface area (Å²) in [4.78, 5) is 33.4. The number of anilines is 2. The van der Waals surface area contributed by atoms with Crippen molar-refractivity contribution in [3.63, 3.8) is 0 Å². The number of amides is 1. The zero-order valence-electron chi connectivity index (χ0n) is 35.1. The summed E-state index contributed by atoms with van der Waals surface area (Å²) in [5.74, 6) is -0.182. The number of nitro groups is 1. The van der Waals surface area contributed by atoms with Crippen LogP contribution >= 0.6 is 11.6 Å². The molecule has 334 valence electrons. The van der Waals surface area contributed by atoms with Crippen LogP contribution in [0.1, 0.15) is 69.2 Å². The molecule has 1 amide bonds. The highest BCUT2D eigenvalue weighted by atomic mass is 35.5. The van der Waals surface area contributed by atoms with E-state index in [1.807, 2.05) is 35.1 Å². The van der Waals surface area contributed by atoms with Crippen LogP contribution in [0, 0.1) is 22.0 Å². The van der Waals surface area contributed by atoms with Gasteiger partial charge in [0.15, 0.2) is 9.84 Å². The number of nitro benzene ring substituents is 1. The average molecular weight is 912 g/mol. The summed E-state index contributed by atoms with van der Waals surface area (Å²) in [6.45, 7) is 9.72. The topological polar surface area (TPSA) is 190 Å². The first-order valence-electron chi connectivity index (χ1n) is 21.1. The number of nitrogens with zero attached hydrogens (tertiary/aromatic N) is 4. The van der Waals surface area contributed by atoms with Gasteiger partial charge in [-0.2, -0.15) is 0 Å². The van der Waals surface area contributed by atoms with E-state index in [0.29, 0.717) is 25.7 Å². The number of ether oxygens (including phenoxy) is 2. The second kappa shape index (κ2) is 21.5. The highest BCUT2D eigenvalue weighted by Crippen LogP contribution is 2.34. The smallest absolute Gasteiger partial charge is 0.293 e. The van der Waals surface area contributed by atoms with Gasteiger partial charge in [0.2, 0.25) is 0 Å². The molecule has 1 aromatic heterocycles. The standard InChI is InChI=1S/C38H50N6O9S2.C6H5Cl/c1-27(2)54(48,49)33-21-31(24-39-25-33)53-37-20-30(43-16-10-29(11-17-43)26-42-14-4-3-5-15-42)6-8-34(37)38(45)41-55(50,51)32-7-9-35(36(22-32)44(46)47)40-23-28-12-18-52-19-13-28;7-6-4-2-1-3-5-6/h6-9,20-22,24-25,27-29,40H,3-5,10-19,23,26H2,1-2H3,(H,41,45);1-5H. The zero-order chi connectivity index (χ0) is 44.3. The first-order chi connectivity index (χ1) is 29.7. The molecule has 4 aromatic rings. The van der Waals surface area contributed by atoms with Gasteiger partial charge in [-0.25, -0.2) is 21.6 Å². The van der Waals surface area contributed by atoms with Crippen molar-refractivity contribution >= 4 is 54.4 Å². The molecular formula is C44H55ClN6O9S2. The number of halogens is 1. The number of nitrogens with one attached hydrogen (secondary N) is 2. The van der Waals surface area contributed by atoms with E-state index in [1.165, 1.54) is 55.9 Å². The summed E-state index contributed by atoms with van der Waals surface area (Å²) in [7, 11) is -8.31. The molecule has 0 aliphatic carbocycles. The molecule has 0 spiro atoms. The van der Waals surface area contributed by atoms with Crippen LogP contribution in [-0.2, 0) is 24.6 Å². The van der Waals surface area contributed by atoms with Crippen LogP contribution < -0.4 is 19.7 Å². The molecule has 4 heterocycles. The molecule has 15 nitrogen and oxygen atoms in total. The molecule has 0 radical (unpaired) electrons. The van der Waals surface area contributed by atoms with Gasteiger partial charge in [0, 0.05) is 74.5 Å². The molecule has 3 aromatic carbocycles. The van der Waals surface area contributed by atoms with E-state index >= 15 is 0 Å². The zero-order valence-corrected chi connectivity index (χ0v) is 37.5. The van der Waals surface area contributed by atoms with Gasteiger partial charge in [-0.1, -0.05) is 36.2 Å². The van der Waals surface area contributed by atoms with Gasteiger partial charge in [0.05, 0.1) is 31.7 Å². The van der Waals surface area contributed by atoms with Crippen molar-refractivity contribution in [1.29, 1.82) is 0 Å². The van der Waals surface area contributed by atoms with Crippen molar-refractivity contribution in [3.05, 3.63) is 106 Å². The highest BCUT2D eigenvalue weighted by molar-refractivity contribution is 7.92. The van der Waals surface area contributed by atoms with Gasteiger partial charge >= 0.3 is 0 Å². The van der Waals surface area contributed by atoms with Gasteiger partial charge in [0.1, 0.15) is 17.2 Å². The number of likely N-dealkylation sites (tertiary alicyclic amines) is 1. The molecule has 18 heteroatoms. The third-order valence-corrected chi connectivity index (χ3v) is 15.1. The third kappa shape index (κ3) is 12.6. The van der Waals surface area contributed by atoms with Crippen LogP contribution in [-0.4, -0.2) is 95.3 Å². The van der Waals surface area contributed by atoms with Crippen LogP contribution in [0.25, 0.3) is 0 Å². The summed E-state index contributed by atoms with van der Waals surface area (Å²) in [5, 5.41) is 15.1. The number of sulfone groups is 1. The Morgan fingerprint density at radius 3 is 2.24 bits per heavy atom. The minimum atomic E-state index is -4.60. The van der Waals surface area contributed by atoms with E-state index in [0.717, 1.165) is 75.2 Å². The van der Waals surface area contributed by atoms with Crippen LogP contribution in [0.3, 0.4) is 0 Å². The lowest BCUT2D eigenvalue weighted by atomic mass is 9.95. The number of hydrogen-bond acceptors (Lipinski definition) is 13. The number of pyridine rings is 1. The molecule has 0 bridgehead atoms. The van der Waals surface area contributed by atoms with E-state index in [4.69, 9.17) is 21.1 Å². The van der Waals surface area contributed by atoms with E-state index in [1.54, 1.807) is 26.0 Å². The highest BCUT2D eigenvalue weighted by Gasteiger charge is 2.28. The van der Waals surface area contributed by atoms with Gasteiger partial charge in [-0.3, -0.25) is 19.9 Å². The minimum Gasteiger partial charge on any atom is -0.455 e. The fourth-order valence-electron chi connectivity index (χ4n) is 7.70. The second-order valence-electron chi connectivity index (χ2n) is 16.1. The molecule has 0 atom stereocenters. The Labute approximate surface area is 369 Å². The van der Waals surface area contributed by atoms with Crippen molar-refractivity contribution < 1.29 is 36.0 Å². The number of hydrogen-bond donors (Lipinski definition) is 2. The van der Waals surface area contributed by atoms with Crippen LogP contribution in [0.5, 0.6) is 11.5 Å². The fraction of sp³-hybridized carbons (Fsp3) is 0.455. The minimum absolute atomic E-state index is 0.0137. The quantitative estimate of drug-likeness (QED) is 0.0916. The van der Waals surface area contributed by atoms with Gasteiger partial charge < -0.3 is 24.6 Å². The molecule has 3 fully saturated rings. The SMILES string of the molecule is CC(C)S(=O)(=O)c1cncc(Oc2cc(N3CCC(CN4CCCCC4)CC3)ccc2C(=O)NS(=O)(=O)c2ccc(NCC3CCOCC3)c([N+](=O)[O-])c2)c1.Clc1ccccc1. The Morgan fingerprint density at radius 2 is 1.60 bits per heavy atom. The van der Waals surface area contributed by atoms with Crippen LogP contribution in [0.2, 0.25) is 5.02 Å². The number of carbonyl (C=O) groups excluding carboxylic acids is 1. The summed E-state index contributed by atoms with van der Waals surface area (Å²) in [5.41, 5.74) is 0.330. The average Bonchev–Trinajstić information content (AvgIpc) is 3.27. The van der Waals surface area contributed by atoms with Crippen LogP contribution in [0.4, 0.5) is 17.1 Å². The normalized spacial score (nSPS) is 16.9. The Hall–Kier alpha value is -4.81. The van der Waals surface area contributed by atoms with E-state index in [-0.39, 0.29) is 33.6 Å². The maximum absolute atomic E-state index is 13.8. The number of sulfonamides is 1. The summed E-state index contributed by atoms with van der Waals surface area (Å²) >= 11 is 5.54. The summed E-state index contributed by atoms with van der Waals surface area (Å²) in [6.07, 6.45) is 9.90. The first-order valence-corrected chi connectivity index (χ1v) is 24.5. The second-order valence-corrected chi connectivity index (χ2v) is 20.8. The fourth-order valence-corrected chi connectivity index (χ4v) is 9.87. The molecule has 62 heavy (non-hydrogen) atoms. The number of carbonyl (C=O) groups is 1. The van der Waals surface area contributed by atoms with E-state index in [9.17, 15) is 31.7 Å². The Morgan fingerprint density at radius 1 is 0.887 bits per heavy atom. The van der Waals surface area contributed by atoms with Crippen molar-refractivity contribution in [2.45, 2.75) is 73.8 Å². The molecule has 2 N–H and O–H groups in total. The monoisotopic (exact) mass is 910 g/mol. The molecule has 3 aliphatic heterocycles. The van der Waals surface area contributed by atoms with Crippen LogP contribution in [0.15, 0.2) is 95.0 Å². The number of piperidine rings is 2. The Kier molecular flexibility index (Phi) is 16.2. The molecule has 3 saturated heterocycles. The maximum Gasteiger partial charge on any atom is 0.293 e. The number of benzene rings is 3. The maximum atomic E-state index is 13.8. The number of aromatic nitrogens is 1. The van der Waals surface area contributed by atoms with E-state index < -0.39 is 46.5 Å². The molecule has 3 aliphatic rings. The van der Waals surface area contributed by atoms with Gasteiger partial charge in [-0.15, -0.1) is 0 Å². The molecular weight excluding hydrogens is 856 g/mol. The Bertz CT molecular complexity index is 2370. The predicted octanol–water partition coefficient (Wildman–Crippen LogP) is 7.96. The van der Waals surface area contributed by atoms with Gasteiger partial charge in [-0.05, 0) is 114 Å². The predicted molar refractivity (Wildman–Crippen MR) is 240 cm³/mol. The number of rotatable bonds is 14. The van der Waals surface area contributed by atoms with Gasteiger partial charge in [0.25, 0.3) is 21.6 Å². The first kappa shape index (κ1) is 46.7. The van der Waals surface area contributed by atoms with Crippen molar-refractivity contribution in [3.8, 4) is 11.5 Å². The molecule has 0 unspecified atom stereocenters. The summed E-state index contributed by atoms with van der Waals surface area (Å²) < 4.78 is 66.5. The largest absolute Gasteiger partial charge is 0.455 e. The van der Waals surface area contributed by atoms with Crippen molar-refractivity contribution in [2.75, 3.05) is 62.7 Å². The lowest BCUT2D eigenvalue weighted by Gasteiger charge is -2.37. The lowest BCUT2D eigenvalue weighted by Crippen LogP contribution is -2.40. The molecule has 7 rings (SSSR count). The Balaban J connectivity index is 0.000000833. The third-order valence-electron chi connectivity index (χ3n) is 11.4.